The quantitative estimate of drug-likeness (QED) is 0.438. The summed E-state index contributed by atoms with van der Waals surface area (Å²) in [6, 6.07) is 0. The molecule has 0 rings (SSSR count). The summed E-state index contributed by atoms with van der Waals surface area (Å²) in [4.78, 5) is 16.6. The van der Waals surface area contributed by atoms with Crippen molar-refractivity contribution in [3.05, 3.63) is 48.8 Å². The van der Waals surface area contributed by atoms with Crippen LogP contribution in [0, 0.1) is 0 Å². The van der Waals surface area contributed by atoms with Crippen LogP contribution in [-0.2, 0) is 4.79 Å². The summed E-state index contributed by atoms with van der Waals surface area (Å²) in [6.45, 7) is 12.0. The number of aliphatic imine (C=N–C) groups is 1. The molecule has 1 amide bonds. The first kappa shape index (κ1) is 13.6. The van der Waals surface area contributed by atoms with Crippen LogP contribution in [0.1, 0.15) is 6.92 Å². The molecule has 4 heteroatoms. The van der Waals surface area contributed by atoms with Crippen molar-refractivity contribution in [2.45, 2.75) is 6.92 Å². The van der Waals surface area contributed by atoms with Gasteiger partial charge in [-0.3, -0.25) is 9.69 Å². The standard InChI is InChI=1S/C11H13BrN2O/c1-5-10(12)8-14(9(4)15)11(6-2)13-7-3/h5-8H,1-3H2,4H3/b10-8+,13-11?. The van der Waals surface area contributed by atoms with E-state index in [0.29, 0.717) is 10.3 Å². The second-order valence-corrected chi connectivity index (χ2v) is 3.40. The number of hydrogen-bond donors (Lipinski definition) is 0. The minimum absolute atomic E-state index is 0.172. The maximum Gasteiger partial charge on any atom is 0.229 e. The number of hydrogen-bond acceptors (Lipinski definition) is 2. The van der Waals surface area contributed by atoms with Gasteiger partial charge in [0.05, 0.1) is 0 Å². The Labute approximate surface area is 98.3 Å². The van der Waals surface area contributed by atoms with Gasteiger partial charge >= 0.3 is 0 Å². The lowest BCUT2D eigenvalue weighted by Gasteiger charge is -2.15. The molecule has 0 N–H and O–H groups in total. The second-order valence-electron chi connectivity index (χ2n) is 2.48. The Morgan fingerprint density at radius 3 is 2.27 bits per heavy atom. The first-order valence-corrected chi connectivity index (χ1v) is 4.96. The van der Waals surface area contributed by atoms with E-state index in [-0.39, 0.29) is 5.91 Å². The molecule has 80 valence electrons. The first-order chi connectivity index (χ1) is 7.06. The fraction of sp³-hybridized carbons (Fsp3) is 0.0909. The lowest BCUT2D eigenvalue weighted by Crippen LogP contribution is -2.28. The van der Waals surface area contributed by atoms with Crippen molar-refractivity contribution in [2.24, 2.45) is 4.99 Å². The van der Waals surface area contributed by atoms with Gasteiger partial charge in [0, 0.05) is 23.8 Å². The summed E-state index contributed by atoms with van der Waals surface area (Å²) in [6.07, 6.45) is 5.97. The molecule has 0 aliphatic rings. The van der Waals surface area contributed by atoms with Crippen molar-refractivity contribution in [2.75, 3.05) is 0 Å². The monoisotopic (exact) mass is 268 g/mol. The Bertz CT molecular complexity index is 342. The van der Waals surface area contributed by atoms with E-state index in [9.17, 15) is 4.79 Å². The normalized spacial score (nSPS) is 11.9. The Kier molecular flexibility index (Phi) is 6.29. The summed E-state index contributed by atoms with van der Waals surface area (Å²) in [5, 5.41) is 0. The average molecular weight is 269 g/mol. The highest BCUT2D eigenvalue weighted by molar-refractivity contribution is 9.11. The van der Waals surface area contributed by atoms with Crippen LogP contribution in [0.2, 0.25) is 0 Å². The highest BCUT2D eigenvalue weighted by Crippen LogP contribution is 2.09. The highest BCUT2D eigenvalue weighted by Gasteiger charge is 2.10. The van der Waals surface area contributed by atoms with E-state index >= 15 is 0 Å². The SMILES string of the molecule is C=CN=C(C=C)N(/C=C(/Br)C=C)C(C)=O. The number of carbonyl (C=O) groups excluding carboxylic acids is 1. The molecule has 0 aromatic heterocycles. The second kappa shape index (κ2) is 6.95. The van der Waals surface area contributed by atoms with Crippen molar-refractivity contribution in [3.8, 4) is 0 Å². The number of amides is 1. The molecule has 0 saturated carbocycles. The van der Waals surface area contributed by atoms with Crippen LogP contribution in [0.3, 0.4) is 0 Å². The van der Waals surface area contributed by atoms with E-state index in [0.717, 1.165) is 0 Å². The van der Waals surface area contributed by atoms with E-state index in [2.05, 4.69) is 40.7 Å². The molecule has 0 spiro atoms. The van der Waals surface area contributed by atoms with Gasteiger partial charge in [0.15, 0.2) is 0 Å². The average Bonchev–Trinajstić information content (AvgIpc) is 2.22. The summed E-state index contributed by atoms with van der Waals surface area (Å²) < 4.78 is 0.677. The van der Waals surface area contributed by atoms with E-state index in [1.807, 2.05) is 0 Å². The zero-order valence-corrected chi connectivity index (χ0v) is 10.2. The fourth-order valence-corrected chi connectivity index (χ4v) is 1.01. The number of carbonyl (C=O) groups is 1. The third-order valence-corrected chi connectivity index (χ3v) is 1.97. The van der Waals surface area contributed by atoms with Gasteiger partial charge in [0.1, 0.15) is 5.84 Å². The zero-order chi connectivity index (χ0) is 11.8. The van der Waals surface area contributed by atoms with Gasteiger partial charge < -0.3 is 0 Å². The van der Waals surface area contributed by atoms with Crippen LogP contribution in [0.4, 0.5) is 0 Å². The number of amidine groups is 1. The van der Waals surface area contributed by atoms with Crippen molar-refractivity contribution >= 4 is 27.7 Å². The van der Waals surface area contributed by atoms with Gasteiger partial charge in [-0.2, -0.15) is 0 Å². The Morgan fingerprint density at radius 2 is 1.93 bits per heavy atom. The van der Waals surface area contributed by atoms with Gasteiger partial charge in [-0.15, -0.1) is 0 Å². The van der Waals surface area contributed by atoms with E-state index in [1.165, 1.54) is 24.1 Å². The molecule has 0 aliphatic carbocycles. The van der Waals surface area contributed by atoms with Crippen LogP contribution in [0.25, 0.3) is 0 Å². The van der Waals surface area contributed by atoms with Crippen LogP contribution >= 0.6 is 15.9 Å². The third kappa shape index (κ3) is 4.56. The molecular formula is C11H13BrN2O. The summed E-state index contributed by atoms with van der Waals surface area (Å²) >= 11 is 3.23. The van der Waals surface area contributed by atoms with Gasteiger partial charge in [-0.05, 0) is 22.0 Å². The summed E-state index contributed by atoms with van der Waals surface area (Å²) in [5.74, 6) is 0.241. The number of nitrogens with zero attached hydrogens (tertiary/aromatic N) is 2. The number of allylic oxidation sites excluding steroid dienone is 2. The van der Waals surface area contributed by atoms with Crippen LogP contribution in [0.5, 0.6) is 0 Å². The van der Waals surface area contributed by atoms with Crippen LogP contribution < -0.4 is 0 Å². The van der Waals surface area contributed by atoms with Crippen molar-refractivity contribution in [3.63, 3.8) is 0 Å². The molecular weight excluding hydrogens is 256 g/mol. The molecule has 0 aromatic rings. The van der Waals surface area contributed by atoms with Crippen molar-refractivity contribution in [1.82, 2.24) is 4.90 Å². The third-order valence-electron chi connectivity index (χ3n) is 1.44. The van der Waals surface area contributed by atoms with Gasteiger partial charge in [0.2, 0.25) is 5.91 Å². The molecule has 3 nitrogen and oxygen atoms in total. The summed E-state index contributed by atoms with van der Waals surface area (Å²) in [5.41, 5.74) is 0. The van der Waals surface area contributed by atoms with Crippen molar-refractivity contribution in [1.29, 1.82) is 0 Å². The van der Waals surface area contributed by atoms with E-state index < -0.39 is 0 Å². The summed E-state index contributed by atoms with van der Waals surface area (Å²) in [7, 11) is 0. The molecule has 0 aromatic carbocycles. The predicted octanol–water partition coefficient (Wildman–Crippen LogP) is 2.99. The topological polar surface area (TPSA) is 32.7 Å². The minimum atomic E-state index is -0.172. The zero-order valence-electron chi connectivity index (χ0n) is 8.61. The fourth-order valence-electron chi connectivity index (χ4n) is 0.801. The van der Waals surface area contributed by atoms with E-state index in [1.54, 1.807) is 12.3 Å². The molecule has 0 saturated heterocycles. The number of rotatable bonds is 4. The maximum atomic E-state index is 11.3. The van der Waals surface area contributed by atoms with Crippen molar-refractivity contribution < 1.29 is 4.79 Å². The predicted molar refractivity (Wildman–Crippen MR) is 67.6 cm³/mol. The molecule has 0 bridgehead atoms. The molecule has 0 aliphatic heterocycles. The first-order valence-electron chi connectivity index (χ1n) is 4.17. The Hall–Kier alpha value is -1.42. The minimum Gasteiger partial charge on any atom is -0.274 e. The largest absolute Gasteiger partial charge is 0.274 e. The van der Waals surface area contributed by atoms with Crippen LogP contribution in [0.15, 0.2) is 53.8 Å². The molecule has 0 heterocycles. The van der Waals surface area contributed by atoms with Gasteiger partial charge in [-0.1, -0.05) is 25.8 Å². The highest BCUT2D eigenvalue weighted by atomic mass is 79.9. The molecule has 0 unspecified atom stereocenters. The Balaban J connectivity index is 5.21. The van der Waals surface area contributed by atoms with Crippen LogP contribution in [-0.4, -0.2) is 16.6 Å². The lowest BCUT2D eigenvalue weighted by molar-refractivity contribution is -0.123. The van der Waals surface area contributed by atoms with Gasteiger partial charge in [0.25, 0.3) is 0 Å². The van der Waals surface area contributed by atoms with Gasteiger partial charge in [-0.25, -0.2) is 4.99 Å². The Morgan fingerprint density at radius 1 is 1.33 bits per heavy atom. The lowest BCUT2D eigenvalue weighted by atomic mass is 10.4. The molecule has 0 atom stereocenters. The molecule has 0 fully saturated rings. The number of halogens is 1. The molecule has 15 heavy (non-hydrogen) atoms. The molecule has 0 radical (unpaired) electrons. The maximum absolute atomic E-state index is 11.3. The van der Waals surface area contributed by atoms with E-state index in [4.69, 9.17) is 0 Å². The smallest absolute Gasteiger partial charge is 0.229 e.